The predicted molar refractivity (Wildman–Crippen MR) is 49.8 cm³/mol. The highest BCUT2D eigenvalue weighted by Gasteiger charge is 2.32. The van der Waals surface area contributed by atoms with Gasteiger partial charge in [-0.25, -0.2) is 0 Å². The summed E-state index contributed by atoms with van der Waals surface area (Å²) in [5.74, 6) is 0.933. The third-order valence-electron chi connectivity index (χ3n) is 2.98. The van der Waals surface area contributed by atoms with Gasteiger partial charge in [0, 0.05) is 0 Å². The van der Waals surface area contributed by atoms with Crippen LogP contribution in [-0.2, 0) is 9.53 Å². The molecule has 0 aromatic rings. The minimum atomic E-state index is -0.296. The summed E-state index contributed by atoms with van der Waals surface area (Å²) < 4.78 is 5.12. The first-order valence-corrected chi connectivity index (χ1v) is 4.59. The maximum atomic E-state index is 10.3. The van der Waals surface area contributed by atoms with E-state index in [-0.39, 0.29) is 5.60 Å². The number of carbonyl (C=O) groups is 1. The fourth-order valence-electron chi connectivity index (χ4n) is 1.33. The highest BCUT2D eigenvalue weighted by Crippen LogP contribution is 2.30. The van der Waals surface area contributed by atoms with Crippen LogP contribution in [0.5, 0.6) is 0 Å². The van der Waals surface area contributed by atoms with E-state index in [1.54, 1.807) is 0 Å². The Hall–Kier alpha value is -0.530. The van der Waals surface area contributed by atoms with E-state index in [4.69, 9.17) is 4.74 Å². The van der Waals surface area contributed by atoms with E-state index >= 15 is 0 Å². The van der Waals surface area contributed by atoms with Gasteiger partial charge in [-0.3, -0.25) is 4.79 Å². The maximum Gasteiger partial charge on any atom is 0.293 e. The smallest absolute Gasteiger partial charge is 0.293 e. The molecular weight excluding hydrogens is 152 g/mol. The number of hydrogen-bond donors (Lipinski definition) is 0. The van der Waals surface area contributed by atoms with E-state index in [2.05, 4.69) is 20.8 Å². The molecule has 0 heterocycles. The minimum Gasteiger partial charge on any atom is -0.461 e. The zero-order chi connectivity index (χ0) is 9.78. The molecule has 0 bridgehead atoms. The molecule has 2 nitrogen and oxygen atoms in total. The normalized spacial score (nSPS) is 18.5. The topological polar surface area (TPSA) is 26.3 Å². The van der Waals surface area contributed by atoms with E-state index in [0.29, 0.717) is 18.3 Å². The van der Waals surface area contributed by atoms with Crippen LogP contribution in [0.4, 0.5) is 0 Å². The molecule has 0 saturated carbocycles. The zero-order valence-electron chi connectivity index (χ0n) is 8.76. The molecule has 0 N–H and O–H groups in total. The molecule has 0 aliphatic carbocycles. The van der Waals surface area contributed by atoms with Crippen molar-refractivity contribution < 1.29 is 9.53 Å². The standard InChI is InChI=1S/C10H20O2/c1-6-10(5,12-7-11)9(4)8(2)3/h7-9H,6H2,1-5H3. The molecule has 0 rings (SSSR count). The minimum absolute atomic E-state index is 0.296. The van der Waals surface area contributed by atoms with Gasteiger partial charge in [0.15, 0.2) is 0 Å². The van der Waals surface area contributed by atoms with Crippen LogP contribution in [-0.4, -0.2) is 12.1 Å². The second-order valence-electron chi connectivity index (χ2n) is 3.91. The van der Waals surface area contributed by atoms with E-state index in [1.165, 1.54) is 0 Å². The van der Waals surface area contributed by atoms with Crippen LogP contribution in [0.2, 0.25) is 0 Å². The van der Waals surface area contributed by atoms with Crippen molar-refractivity contribution >= 4 is 6.47 Å². The summed E-state index contributed by atoms with van der Waals surface area (Å²) in [4.78, 5) is 10.3. The van der Waals surface area contributed by atoms with Gasteiger partial charge >= 0.3 is 0 Å². The van der Waals surface area contributed by atoms with E-state index < -0.39 is 0 Å². The number of hydrogen-bond acceptors (Lipinski definition) is 2. The summed E-state index contributed by atoms with van der Waals surface area (Å²) in [7, 11) is 0. The Bertz CT molecular complexity index is 143. The van der Waals surface area contributed by atoms with E-state index in [9.17, 15) is 4.79 Å². The molecule has 2 heteroatoms. The van der Waals surface area contributed by atoms with Crippen molar-refractivity contribution in [2.45, 2.75) is 46.6 Å². The lowest BCUT2D eigenvalue weighted by molar-refractivity contribution is -0.149. The van der Waals surface area contributed by atoms with Gasteiger partial charge in [0.1, 0.15) is 5.60 Å². The van der Waals surface area contributed by atoms with Gasteiger partial charge in [-0.15, -0.1) is 0 Å². The lowest BCUT2D eigenvalue weighted by atomic mass is 9.80. The number of carbonyl (C=O) groups excluding carboxylic acids is 1. The van der Waals surface area contributed by atoms with E-state index in [0.717, 1.165) is 6.42 Å². The summed E-state index contributed by atoms with van der Waals surface area (Å²) in [6, 6.07) is 0. The highest BCUT2D eigenvalue weighted by molar-refractivity contribution is 5.38. The first-order valence-electron chi connectivity index (χ1n) is 4.59. The van der Waals surface area contributed by atoms with Crippen LogP contribution >= 0.6 is 0 Å². The maximum absolute atomic E-state index is 10.3. The van der Waals surface area contributed by atoms with Crippen molar-refractivity contribution in [2.24, 2.45) is 11.8 Å². The average Bonchev–Trinajstić information content (AvgIpc) is 2.03. The summed E-state index contributed by atoms with van der Waals surface area (Å²) in [5, 5.41) is 0. The fraction of sp³-hybridized carbons (Fsp3) is 0.900. The molecule has 0 aromatic heterocycles. The highest BCUT2D eigenvalue weighted by atomic mass is 16.5. The molecule has 0 spiro atoms. The second-order valence-corrected chi connectivity index (χ2v) is 3.91. The summed E-state index contributed by atoms with van der Waals surface area (Å²) >= 11 is 0. The lowest BCUT2D eigenvalue weighted by Crippen LogP contribution is -2.38. The van der Waals surface area contributed by atoms with Crippen molar-refractivity contribution in [3.05, 3.63) is 0 Å². The molecule has 2 unspecified atom stereocenters. The second kappa shape index (κ2) is 4.48. The third kappa shape index (κ3) is 2.50. The largest absolute Gasteiger partial charge is 0.461 e. The Morgan fingerprint density at radius 3 is 2.17 bits per heavy atom. The molecule has 0 radical (unpaired) electrons. The summed E-state index contributed by atoms with van der Waals surface area (Å²) in [6.45, 7) is 11.0. The van der Waals surface area contributed by atoms with Gasteiger partial charge in [0.25, 0.3) is 6.47 Å². The Balaban J connectivity index is 4.38. The molecule has 0 aliphatic rings. The molecule has 0 aromatic carbocycles. The molecule has 0 aliphatic heterocycles. The van der Waals surface area contributed by atoms with Crippen LogP contribution in [0.25, 0.3) is 0 Å². The van der Waals surface area contributed by atoms with Gasteiger partial charge in [-0.05, 0) is 25.2 Å². The van der Waals surface area contributed by atoms with Crippen LogP contribution in [0.1, 0.15) is 41.0 Å². The molecule has 72 valence electrons. The van der Waals surface area contributed by atoms with Crippen LogP contribution in [0.15, 0.2) is 0 Å². The van der Waals surface area contributed by atoms with Gasteiger partial charge in [-0.2, -0.15) is 0 Å². The SMILES string of the molecule is CCC(C)(OC=O)C(C)C(C)C. The Morgan fingerprint density at radius 2 is 1.92 bits per heavy atom. The third-order valence-corrected chi connectivity index (χ3v) is 2.98. The molecule has 0 fully saturated rings. The van der Waals surface area contributed by atoms with Crippen LogP contribution in [0.3, 0.4) is 0 Å². The molecule has 2 atom stereocenters. The summed E-state index contributed by atoms with van der Waals surface area (Å²) in [6.07, 6.45) is 0.866. The zero-order valence-corrected chi connectivity index (χ0v) is 8.76. The van der Waals surface area contributed by atoms with Crippen molar-refractivity contribution in [2.75, 3.05) is 0 Å². The molecule has 0 saturated heterocycles. The Kier molecular flexibility index (Phi) is 4.29. The predicted octanol–water partition coefficient (Wildman–Crippen LogP) is 2.62. The van der Waals surface area contributed by atoms with Crippen molar-refractivity contribution in [1.82, 2.24) is 0 Å². The fourth-order valence-corrected chi connectivity index (χ4v) is 1.33. The van der Waals surface area contributed by atoms with Crippen molar-refractivity contribution in [3.63, 3.8) is 0 Å². The monoisotopic (exact) mass is 172 g/mol. The quantitative estimate of drug-likeness (QED) is 0.596. The first kappa shape index (κ1) is 11.5. The van der Waals surface area contributed by atoms with Crippen LogP contribution in [0, 0.1) is 11.8 Å². The number of rotatable bonds is 5. The summed E-state index contributed by atoms with van der Waals surface area (Å²) in [5.41, 5.74) is -0.296. The van der Waals surface area contributed by atoms with Gasteiger partial charge in [0.2, 0.25) is 0 Å². The number of ether oxygens (including phenoxy) is 1. The van der Waals surface area contributed by atoms with Gasteiger partial charge in [0.05, 0.1) is 0 Å². The molecule has 0 amide bonds. The van der Waals surface area contributed by atoms with Crippen molar-refractivity contribution in [1.29, 1.82) is 0 Å². The first-order chi connectivity index (χ1) is 5.48. The Labute approximate surface area is 75.3 Å². The lowest BCUT2D eigenvalue weighted by Gasteiger charge is -2.35. The van der Waals surface area contributed by atoms with Crippen molar-refractivity contribution in [3.8, 4) is 0 Å². The van der Waals surface area contributed by atoms with Crippen LogP contribution < -0.4 is 0 Å². The van der Waals surface area contributed by atoms with Gasteiger partial charge < -0.3 is 4.74 Å². The molecular formula is C10H20O2. The average molecular weight is 172 g/mol. The molecule has 12 heavy (non-hydrogen) atoms. The van der Waals surface area contributed by atoms with E-state index in [1.807, 2.05) is 13.8 Å². The Morgan fingerprint density at radius 1 is 1.42 bits per heavy atom. The van der Waals surface area contributed by atoms with Gasteiger partial charge in [-0.1, -0.05) is 27.7 Å².